The van der Waals surface area contributed by atoms with E-state index in [9.17, 15) is 27.6 Å². The Kier molecular flexibility index (Phi) is 5.49. The topological polar surface area (TPSA) is 78.5 Å². The van der Waals surface area contributed by atoms with E-state index in [2.05, 4.69) is 5.43 Å². The maximum absolute atomic E-state index is 12.2. The smallest absolute Gasteiger partial charge is 0.331 e. The molecule has 1 aliphatic heterocycles. The summed E-state index contributed by atoms with van der Waals surface area (Å²) < 4.78 is 36.6. The summed E-state index contributed by atoms with van der Waals surface area (Å²) in [7, 11) is 0. The Balaban J connectivity index is 2.66. The van der Waals surface area contributed by atoms with Gasteiger partial charge < -0.3 is 5.32 Å². The molecule has 6 nitrogen and oxygen atoms in total. The second-order valence-electron chi connectivity index (χ2n) is 4.42. The minimum absolute atomic E-state index is 0.0134. The Hall–Kier alpha value is -1.64. The van der Waals surface area contributed by atoms with Gasteiger partial charge in [-0.1, -0.05) is 19.8 Å². The predicted octanol–water partition coefficient (Wildman–Crippen LogP) is 0.835. The van der Waals surface area contributed by atoms with Crippen molar-refractivity contribution in [1.29, 1.82) is 0 Å². The average molecular weight is 295 g/mol. The molecular formula is C11H16F3N3O3. The molecule has 0 radical (unpaired) electrons. The quantitative estimate of drug-likeness (QED) is 0.562. The van der Waals surface area contributed by atoms with Crippen molar-refractivity contribution >= 4 is 17.7 Å². The minimum Gasteiger partial charge on any atom is -0.331 e. The number of hydrogen-bond donors (Lipinski definition) is 2. The second kappa shape index (κ2) is 6.69. The van der Waals surface area contributed by atoms with E-state index in [-0.39, 0.29) is 19.3 Å². The van der Waals surface area contributed by atoms with Crippen LogP contribution in [0.2, 0.25) is 0 Å². The van der Waals surface area contributed by atoms with Gasteiger partial charge >= 0.3 is 12.1 Å². The molecule has 0 aromatic heterocycles. The molecule has 1 saturated heterocycles. The maximum Gasteiger partial charge on any atom is 0.471 e. The van der Waals surface area contributed by atoms with Crippen LogP contribution in [0.5, 0.6) is 0 Å². The lowest BCUT2D eigenvalue weighted by Gasteiger charge is -2.25. The van der Waals surface area contributed by atoms with Gasteiger partial charge in [0.15, 0.2) is 0 Å². The molecule has 0 spiro atoms. The highest BCUT2D eigenvalue weighted by molar-refractivity contribution is 6.01. The van der Waals surface area contributed by atoms with Crippen LogP contribution in [0, 0.1) is 0 Å². The number of hydrazine groups is 1. The van der Waals surface area contributed by atoms with Crippen LogP contribution in [-0.2, 0) is 14.4 Å². The lowest BCUT2D eigenvalue weighted by atomic mass is 10.2. The zero-order chi connectivity index (χ0) is 15.3. The molecule has 9 heteroatoms. The highest BCUT2D eigenvalue weighted by atomic mass is 19.4. The molecule has 0 bridgehead atoms. The zero-order valence-electron chi connectivity index (χ0n) is 10.9. The number of hydrogen-bond acceptors (Lipinski definition) is 4. The van der Waals surface area contributed by atoms with Crippen molar-refractivity contribution in [3.8, 4) is 0 Å². The molecule has 1 rings (SSSR count). The van der Waals surface area contributed by atoms with Crippen LogP contribution >= 0.6 is 0 Å². The van der Waals surface area contributed by atoms with Crippen LogP contribution in [-0.4, -0.2) is 35.1 Å². The molecule has 0 aliphatic carbocycles. The van der Waals surface area contributed by atoms with E-state index in [0.29, 0.717) is 17.9 Å². The van der Waals surface area contributed by atoms with Gasteiger partial charge in [0, 0.05) is 12.8 Å². The number of carbonyl (C=O) groups excluding carboxylic acids is 3. The molecule has 0 saturated carbocycles. The van der Waals surface area contributed by atoms with Gasteiger partial charge in [0.25, 0.3) is 0 Å². The molecule has 0 aromatic rings. The summed E-state index contributed by atoms with van der Waals surface area (Å²) in [6.45, 7) is 1.83. The fraction of sp³-hybridized carbons (Fsp3) is 0.727. The molecule has 3 amide bonds. The summed E-state index contributed by atoms with van der Waals surface area (Å²) in [4.78, 5) is 33.7. The van der Waals surface area contributed by atoms with Crippen molar-refractivity contribution in [2.24, 2.45) is 0 Å². The number of alkyl halides is 3. The van der Waals surface area contributed by atoms with Gasteiger partial charge in [0.2, 0.25) is 11.8 Å². The highest BCUT2D eigenvalue weighted by Gasteiger charge is 2.40. The number of imide groups is 1. The first-order valence-corrected chi connectivity index (χ1v) is 6.25. The van der Waals surface area contributed by atoms with Crippen LogP contribution in [0.15, 0.2) is 0 Å². The van der Waals surface area contributed by atoms with Crippen molar-refractivity contribution < 1.29 is 27.6 Å². The van der Waals surface area contributed by atoms with Crippen molar-refractivity contribution in [1.82, 2.24) is 15.8 Å². The minimum atomic E-state index is -5.01. The van der Waals surface area contributed by atoms with E-state index in [4.69, 9.17) is 0 Å². The van der Waals surface area contributed by atoms with Crippen LogP contribution in [0.25, 0.3) is 0 Å². The fourth-order valence-corrected chi connectivity index (χ4v) is 1.69. The first-order valence-electron chi connectivity index (χ1n) is 6.25. The fourth-order valence-electron chi connectivity index (χ4n) is 1.69. The number of halogens is 3. The molecule has 1 atom stereocenters. The number of carbonyl (C=O) groups is 3. The third-order valence-corrected chi connectivity index (χ3v) is 2.75. The Morgan fingerprint density at radius 3 is 2.30 bits per heavy atom. The average Bonchev–Trinajstić information content (AvgIpc) is 2.66. The summed E-state index contributed by atoms with van der Waals surface area (Å²) in [6, 6.07) is 0. The number of rotatable bonds is 6. The van der Waals surface area contributed by atoms with Gasteiger partial charge in [-0.3, -0.25) is 14.4 Å². The van der Waals surface area contributed by atoms with Gasteiger partial charge in [-0.15, -0.1) is 0 Å². The van der Waals surface area contributed by atoms with E-state index < -0.39 is 30.1 Å². The Bertz CT molecular complexity index is 382. The molecule has 1 unspecified atom stereocenters. The van der Waals surface area contributed by atoms with E-state index >= 15 is 0 Å². The third-order valence-electron chi connectivity index (χ3n) is 2.75. The van der Waals surface area contributed by atoms with Crippen molar-refractivity contribution in [2.45, 2.75) is 51.4 Å². The largest absolute Gasteiger partial charge is 0.471 e. The third kappa shape index (κ3) is 4.48. The lowest BCUT2D eigenvalue weighted by molar-refractivity contribution is -0.175. The standard InChI is InChI=1S/C11H16F3N3O3/c1-2-3-4-7(15-10(20)11(12,13)14)16-17-8(18)5-6-9(17)19/h7,16H,2-6H2,1H3,(H,15,20). The summed E-state index contributed by atoms with van der Waals surface area (Å²) in [6.07, 6.45) is -4.69. The van der Waals surface area contributed by atoms with Crippen molar-refractivity contribution in [3.63, 3.8) is 0 Å². The number of amides is 3. The van der Waals surface area contributed by atoms with Gasteiger partial charge in [0.1, 0.15) is 0 Å². The summed E-state index contributed by atoms with van der Waals surface area (Å²) >= 11 is 0. The Morgan fingerprint density at radius 1 is 1.30 bits per heavy atom. The van der Waals surface area contributed by atoms with Gasteiger partial charge in [0.05, 0.1) is 6.17 Å². The highest BCUT2D eigenvalue weighted by Crippen LogP contribution is 2.16. The van der Waals surface area contributed by atoms with Crippen molar-refractivity contribution in [2.75, 3.05) is 0 Å². The van der Waals surface area contributed by atoms with E-state index in [1.54, 1.807) is 5.32 Å². The van der Waals surface area contributed by atoms with Crippen molar-refractivity contribution in [3.05, 3.63) is 0 Å². The molecule has 114 valence electrons. The van der Waals surface area contributed by atoms with Gasteiger partial charge in [-0.2, -0.15) is 13.2 Å². The lowest BCUT2D eigenvalue weighted by Crippen LogP contribution is -2.56. The summed E-state index contributed by atoms with van der Waals surface area (Å²) in [5.41, 5.74) is 2.36. The molecule has 1 aliphatic rings. The van der Waals surface area contributed by atoms with E-state index in [1.807, 2.05) is 6.92 Å². The van der Waals surface area contributed by atoms with Crippen LogP contribution in [0.4, 0.5) is 13.2 Å². The monoisotopic (exact) mass is 295 g/mol. The normalized spacial score (nSPS) is 17.5. The first-order chi connectivity index (χ1) is 9.25. The van der Waals surface area contributed by atoms with Crippen LogP contribution < -0.4 is 10.7 Å². The number of nitrogens with zero attached hydrogens (tertiary/aromatic N) is 1. The molecular weight excluding hydrogens is 279 g/mol. The molecule has 0 aromatic carbocycles. The van der Waals surface area contributed by atoms with Gasteiger partial charge in [-0.25, -0.2) is 10.4 Å². The van der Waals surface area contributed by atoms with Gasteiger partial charge in [-0.05, 0) is 6.42 Å². The summed E-state index contributed by atoms with van der Waals surface area (Å²) in [5.74, 6) is -3.14. The first kappa shape index (κ1) is 16.4. The number of nitrogens with one attached hydrogen (secondary N) is 2. The molecule has 1 fully saturated rings. The predicted molar refractivity (Wildman–Crippen MR) is 61.7 cm³/mol. The van der Waals surface area contributed by atoms with Crippen LogP contribution in [0.3, 0.4) is 0 Å². The molecule has 20 heavy (non-hydrogen) atoms. The molecule has 1 heterocycles. The Morgan fingerprint density at radius 2 is 1.85 bits per heavy atom. The summed E-state index contributed by atoms with van der Waals surface area (Å²) in [5, 5.41) is 2.42. The van der Waals surface area contributed by atoms with Crippen LogP contribution in [0.1, 0.15) is 39.0 Å². The maximum atomic E-state index is 12.2. The second-order valence-corrected chi connectivity index (χ2v) is 4.42. The van der Waals surface area contributed by atoms with E-state index in [0.717, 1.165) is 0 Å². The zero-order valence-corrected chi connectivity index (χ0v) is 10.9. The van der Waals surface area contributed by atoms with E-state index in [1.165, 1.54) is 0 Å². The SMILES string of the molecule is CCCCC(NC(=O)C(F)(F)F)NN1C(=O)CCC1=O. The Labute approximate surface area is 113 Å². The molecule has 2 N–H and O–H groups in total. The number of unbranched alkanes of at least 4 members (excludes halogenated alkanes) is 1.